The smallest absolute Gasteiger partial charge is 0.537 e. The molecule has 1 aliphatic carbocycles. The van der Waals surface area contributed by atoms with Gasteiger partial charge in [0.1, 0.15) is 5.75 Å². The van der Waals surface area contributed by atoms with Crippen LogP contribution in [0.4, 0.5) is 0 Å². The number of hydrogen-bond acceptors (Lipinski definition) is 2. The summed E-state index contributed by atoms with van der Waals surface area (Å²) >= 11 is 5.87. The van der Waals surface area contributed by atoms with Gasteiger partial charge >= 0.3 is 7.69 Å². The summed E-state index contributed by atoms with van der Waals surface area (Å²) in [5, 5.41) is 9.27. The van der Waals surface area contributed by atoms with E-state index in [1.165, 1.54) is 0 Å². The zero-order valence-electron chi connectivity index (χ0n) is 6.83. The summed E-state index contributed by atoms with van der Waals surface area (Å²) < 4.78 is 4.83. The first kappa shape index (κ1) is 8.66. The van der Waals surface area contributed by atoms with Crippen LogP contribution in [0.25, 0.3) is 6.08 Å². The quantitative estimate of drug-likeness (QED) is 0.725. The number of hydrogen-bond donors (Lipinski definition) is 1. The van der Waals surface area contributed by atoms with Crippen molar-refractivity contribution in [3.63, 3.8) is 0 Å². The molecule has 0 aromatic heterocycles. The van der Waals surface area contributed by atoms with Crippen LogP contribution in [-0.4, -0.2) is 12.7 Å². The van der Waals surface area contributed by atoms with E-state index in [1.54, 1.807) is 6.07 Å². The molecule has 0 unspecified atom stereocenters. The molecule has 0 heterocycles. The molecule has 1 aromatic carbocycles. The van der Waals surface area contributed by atoms with Gasteiger partial charge in [-0.15, -0.1) is 0 Å². The summed E-state index contributed by atoms with van der Waals surface area (Å²) in [7, 11) is 0.672. The van der Waals surface area contributed by atoms with Gasteiger partial charge in [0.05, 0.1) is 0 Å². The van der Waals surface area contributed by atoms with Gasteiger partial charge < -0.3 is 9.68 Å². The van der Waals surface area contributed by atoms with Crippen molar-refractivity contribution in [3.05, 3.63) is 34.4 Å². The van der Waals surface area contributed by atoms with Crippen molar-refractivity contribution in [1.29, 1.82) is 0 Å². The fraction of sp³-hybridized carbons (Fsp3) is 0.111. The van der Waals surface area contributed by atoms with Crippen LogP contribution in [0.1, 0.15) is 11.1 Å². The Hall–Kier alpha value is -0.925. The van der Waals surface area contributed by atoms with Crippen molar-refractivity contribution < 1.29 is 9.68 Å². The van der Waals surface area contributed by atoms with E-state index in [2.05, 4.69) is 0 Å². The van der Waals surface area contributed by atoms with Crippen LogP contribution in [0, 0.1) is 0 Å². The van der Waals surface area contributed by atoms with Gasteiger partial charge in [0, 0.05) is 11.5 Å². The second-order valence-corrected chi connectivity index (χ2v) is 3.34. The summed E-state index contributed by atoms with van der Waals surface area (Å²) in [6, 6.07) is 5.58. The van der Waals surface area contributed by atoms with Gasteiger partial charge in [0.15, 0.2) is 0 Å². The molecule has 0 spiro atoms. The normalized spacial score (nSPS) is 13.5. The highest BCUT2D eigenvalue weighted by Crippen LogP contribution is 2.29. The Morgan fingerprint density at radius 2 is 2.31 bits per heavy atom. The van der Waals surface area contributed by atoms with E-state index in [9.17, 15) is 0 Å². The van der Waals surface area contributed by atoms with Crippen LogP contribution in [0.3, 0.4) is 0 Å². The Kier molecular flexibility index (Phi) is 2.29. The van der Waals surface area contributed by atoms with Gasteiger partial charge in [0.2, 0.25) is 0 Å². The van der Waals surface area contributed by atoms with Crippen molar-refractivity contribution in [1.82, 2.24) is 0 Å². The summed E-state index contributed by atoms with van der Waals surface area (Å²) in [6.07, 6.45) is 2.68. The van der Waals surface area contributed by atoms with E-state index in [0.717, 1.165) is 22.6 Å². The second kappa shape index (κ2) is 3.44. The highest BCUT2D eigenvalue weighted by atomic mass is 35.5. The minimum Gasteiger partial charge on any atom is -0.537 e. The third kappa shape index (κ3) is 1.71. The molecule has 2 nitrogen and oxygen atoms in total. The highest BCUT2D eigenvalue weighted by molar-refractivity contribution is 6.32. The predicted molar refractivity (Wildman–Crippen MR) is 52.6 cm³/mol. The number of halogens is 1. The maximum absolute atomic E-state index is 8.43. The number of rotatable bonds is 2. The molecule has 0 atom stereocenters. The minimum absolute atomic E-state index is 0.626. The molecule has 0 fully saturated rings. The Bertz CT molecular complexity index is 363. The molecule has 65 valence electrons. The first-order valence-corrected chi connectivity index (χ1v) is 4.29. The van der Waals surface area contributed by atoms with Crippen LogP contribution < -0.4 is 4.65 Å². The fourth-order valence-electron chi connectivity index (χ4n) is 1.41. The van der Waals surface area contributed by atoms with Crippen LogP contribution in [0.5, 0.6) is 5.75 Å². The Labute approximate surface area is 82.1 Å². The highest BCUT2D eigenvalue weighted by Gasteiger charge is 2.11. The molecule has 1 aliphatic rings. The standard InChI is InChI=1S/C9H7BClO2/c11-8-3-6-1-2-9(13-10-12)5-7(6)4-8/h1-3,5,12H,4H2. The first-order valence-electron chi connectivity index (χ1n) is 3.91. The van der Waals surface area contributed by atoms with Gasteiger partial charge in [-0.1, -0.05) is 17.7 Å². The molecule has 0 saturated carbocycles. The lowest BCUT2D eigenvalue weighted by Gasteiger charge is -2.03. The van der Waals surface area contributed by atoms with E-state index >= 15 is 0 Å². The maximum atomic E-state index is 8.43. The van der Waals surface area contributed by atoms with Crippen molar-refractivity contribution in [2.45, 2.75) is 6.42 Å². The molecule has 1 radical (unpaired) electrons. The lowest BCUT2D eigenvalue weighted by atomic mass is 10.1. The van der Waals surface area contributed by atoms with Gasteiger partial charge in [-0.2, -0.15) is 0 Å². The Balaban J connectivity index is 2.29. The van der Waals surface area contributed by atoms with Crippen LogP contribution in [-0.2, 0) is 6.42 Å². The van der Waals surface area contributed by atoms with Gasteiger partial charge in [-0.3, -0.25) is 0 Å². The zero-order chi connectivity index (χ0) is 9.26. The van der Waals surface area contributed by atoms with Crippen LogP contribution in [0.15, 0.2) is 23.2 Å². The van der Waals surface area contributed by atoms with E-state index in [4.69, 9.17) is 21.3 Å². The molecule has 0 saturated heterocycles. The zero-order valence-corrected chi connectivity index (χ0v) is 7.58. The SMILES string of the molecule is O[B]Oc1ccc2c(c1)CC(Cl)=C2. The second-order valence-electron chi connectivity index (χ2n) is 2.85. The number of allylic oxidation sites excluding steroid dienone is 1. The van der Waals surface area contributed by atoms with Crippen molar-refractivity contribution >= 4 is 25.4 Å². The molecule has 1 N–H and O–H groups in total. The third-order valence-electron chi connectivity index (χ3n) is 1.97. The van der Waals surface area contributed by atoms with Crippen molar-refractivity contribution in [3.8, 4) is 5.75 Å². The van der Waals surface area contributed by atoms with E-state index in [1.807, 2.05) is 18.2 Å². The average Bonchev–Trinajstić information content (AvgIpc) is 2.44. The van der Waals surface area contributed by atoms with Crippen LogP contribution in [0.2, 0.25) is 0 Å². The van der Waals surface area contributed by atoms with E-state index in [0.29, 0.717) is 13.4 Å². The molecule has 13 heavy (non-hydrogen) atoms. The number of fused-ring (bicyclic) bond motifs is 1. The van der Waals surface area contributed by atoms with Crippen LogP contribution >= 0.6 is 11.6 Å². The monoisotopic (exact) mass is 193 g/mol. The lowest BCUT2D eigenvalue weighted by molar-refractivity contribution is 0.453. The molecule has 0 aliphatic heterocycles. The fourth-order valence-corrected chi connectivity index (χ4v) is 1.67. The maximum Gasteiger partial charge on any atom is 0.569 e. The molecular formula is C9H7BClO2. The number of benzene rings is 1. The predicted octanol–water partition coefficient (Wildman–Crippen LogP) is 1.73. The van der Waals surface area contributed by atoms with Crippen molar-refractivity contribution in [2.24, 2.45) is 0 Å². The summed E-state index contributed by atoms with van der Waals surface area (Å²) in [4.78, 5) is 0. The summed E-state index contributed by atoms with van der Waals surface area (Å²) in [5.74, 6) is 0.626. The molecule has 0 amide bonds. The van der Waals surface area contributed by atoms with E-state index in [-0.39, 0.29) is 0 Å². The third-order valence-corrected chi connectivity index (χ3v) is 2.22. The van der Waals surface area contributed by atoms with Crippen molar-refractivity contribution in [2.75, 3.05) is 0 Å². The summed E-state index contributed by atoms with van der Waals surface area (Å²) in [6.45, 7) is 0. The van der Waals surface area contributed by atoms with Gasteiger partial charge in [-0.05, 0) is 29.3 Å². The first-order chi connectivity index (χ1) is 6.29. The molecule has 0 bridgehead atoms. The minimum atomic E-state index is 0.626. The topological polar surface area (TPSA) is 29.5 Å². The molecule has 2 rings (SSSR count). The largest absolute Gasteiger partial charge is 0.569 e. The average molecular weight is 193 g/mol. The molecule has 1 aromatic rings. The summed E-state index contributed by atoms with van der Waals surface area (Å²) in [5.41, 5.74) is 2.25. The van der Waals surface area contributed by atoms with Gasteiger partial charge in [-0.25, -0.2) is 0 Å². The van der Waals surface area contributed by atoms with E-state index < -0.39 is 0 Å². The molecular weight excluding hydrogens is 186 g/mol. The lowest BCUT2D eigenvalue weighted by Crippen LogP contribution is -2.00. The Morgan fingerprint density at radius 3 is 3.08 bits per heavy atom. The Morgan fingerprint density at radius 1 is 1.46 bits per heavy atom. The molecule has 4 heteroatoms. The van der Waals surface area contributed by atoms with Gasteiger partial charge in [0.25, 0.3) is 0 Å².